The zero-order valence-corrected chi connectivity index (χ0v) is 9.30. The maximum absolute atomic E-state index is 5.99. The molecule has 14 heavy (non-hydrogen) atoms. The van der Waals surface area contributed by atoms with Crippen LogP contribution in [-0.4, -0.2) is 18.5 Å². The number of halogens is 1. The molecule has 1 unspecified atom stereocenters. The van der Waals surface area contributed by atoms with Crippen molar-refractivity contribution in [2.75, 3.05) is 13.6 Å². The van der Waals surface area contributed by atoms with Crippen LogP contribution in [0.15, 0.2) is 24.3 Å². The third-order valence-corrected chi connectivity index (χ3v) is 3.24. The smallest absolute Gasteiger partial charge is 0.0409 e. The highest BCUT2D eigenvalue weighted by atomic mass is 35.5. The van der Waals surface area contributed by atoms with Gasteiger partial charge in [0.2, 0.25) is 0 Å². The van der Waals surface area contributed by atoms with Gasteiger partial charge in [0.15, 0.2) is 0 Å². The Morgan fingerprint density at radius 3 is 2.93 bits per heavy atom. The van der Waals surface area contributed by atoms with Gasteiger partial charge in [0.05, 0.1) is 0 Å². The molecule has 0 bridgehead atoms. The normalized spacial score (nSPS) is 23.7. The molecule has 0 saturated carbocycles. The minimum Gasteiger partial charge on any atom is -0.299 e. The largest absolute Gasteiger partial charge is 0.299 e. The molecule has 1 saturated heterocycles. The van der Waals surface area contributed by atoms with E-state index in [0.717, 1.165) is 5.02 Å². The average molecular weight is 210 g/mol. The highest BCUT2D eigenvalue weighted by Gasteiger charge is 2.20. The fourth-order valence-electron chi connectivity index (χ4n) is 2.21. The first-order chi connectivity index (χ1) is 6.77. The number of hydrogen-bond acceptors (Lipinski definition) is 1. The monoisotopic (exact) mass is 209 g/mol. The first-order valence-electron chi connectivity index (χ1n) is 5.23. The molecule has 2 rings (SSSR count). The highest BCUT2D eigenvalue weighted by Crippen LogP contribution is 2.30. The first kappa shape index (κ1) is 10.0. The first-order valence-corrected chi connectivity index (χ1v) is 5.61. The van der Waals surface area contributed by atoms with Crippen LogP contribution in [0, 0.1) is 0 Å². The van der Waals surface area contributed by atoms with Crippen molar-refractivity contribution in [2.45, 2.75) is 25.3 Å². The third kappa shape index (κ3) is 2.10. The van der Waals surface area contributed by atoms with Gasteiger partial charge in [-0.15, -0.1) is 0 Å². The fourth-order valence-corrected chi connectivity index (χ4v) is 2.41. The molecule has 0 amide bonds. The van der Waals surface area contributed by atoms with Gasteiger partial charge in [-0.25, -0.2) is 0 Å². The lowest BCUT2D eigenvalue weighted by Gasteiger charge is -2.32. The lowest BCUT2D eigenvalue weighted by molar-refractivity contribution is 0.187. The molecule has 1 aliphatic heterocycles. The molecule has 1 fully saturated rings. The molecule has 1 heterocycles. The van der Waals surface area contributed by atoms with Crippen molar-refractivity contribution < 1.29 is 0 Å². The molecule has 1 aromatic carbocycles. The quantitative estimate of drug-likeness (QED) is 0.685. The van der Waals surface area contributed by atoms with Gasteiger partial charge in [-0.1, -0.05) is 30.2 Å². The van der Waals surface area contributed by atoms with Gasteiger partial charge in [0, 0.05) is 11.1 Å². The summed E-state index contributed by atoms with van der Waals surface area (Å²) in [4.78, 5) is 2.43. The Bertz CT molecular complexity index is 311. The molecule has 0 N–H and O–H groups in total. The van der Waals surface area contributed by atoms with Crippen molar-refractivity contribution in [3.63, 3.8) is 0 Å². The molecule has 0 radical (unpaired) electrons. The Morgan fingerprint density at radius 1 is 1.36 bits per heavy atom. The van der Waals surface area contributed by atoms with Crippen molar-refractivity contribution >= 4 is 11.6 Å². The van der Waals surface area contributed by atoms with Gasteiger partial charge in [-0.2, -0.15) is 0 Å². The van der Waals surface area contributed by atoms with Crippen LogP contribution in [0.2, 0.25) is 5.02 Å². The lowest BCUT2D eigenvalue weighted by atomic mass is 9.96. The number of likely N-dealkylation sites (tertiary alicyclic amines) is 1. The van der Waals surface area contributed by atoms with E-state index in [1.165, 1.54) is 31.4 Å². The van der Waals surface area contributed by atoms with Crippen LogP contribution in [0.1, 0.15) is 30.9 Å². The van der Waals surface area contributed by atoms with Crippen LogP contribution in [0.3, 0.4) is 0 Å². The van der Waals surface area contributed by atoms with E-state index >= 15 is 0 Å². The molecule has 1 aliphatic rings. The van der Waals surface area contributed by atoms with E-state index in [0.29, 0.717) is 6.04 Å². The molecule has 1 aromatic rings. The third-order valence-electron chi connectivity index (χ3n) is 3.00. The highest BCUT2D eigenvalue weighted by molar-refractivity contribution is 6.30. The van der Waals surface area contributed by atoms with Gasteiger partial charge in [-0.05, 0) is 44.1 Å². The molecule has 0 aromatic heterocycles. The zero-order valence-electron chi connectivity index (χ0n) is 8.54. The van der Waals surface area contributed by atoms with E-state index < -0.39 is 0 Å². The second kappa shape index (κ2) is 4.33. The Kier molecular flexibility index (Phi) is 3.09. The second-order valence-electron chi connectivity index (χ2n) is 4.05. The molecule has 0 aliphatic carbocycles. The van der Waals surface area contributed by atoms with E-state index in [1.54, 1.807) is 0 Å². The van der Waals surface area contributed by atoms with E-state index in [9.17, 15) is 0 Å². The number of hydrogen-bond donors (Lipinski definition) is 0. The van der Waals surface area contributed by atoms with Gasteiger partial charge in [0.25, 0.3) is 0 Å². The number of piperidine rings is 1. The molecule has 2 heteroatoms. The minimum atomic E-state index is 0.572. The number of benzene rings is 1. The van der Waals surface area contributed by atoms with Crippen LogP contribution in [0.25, 0.3) is 0 Å². The van der Waals surface area contributed by atoms with Crippen molar-refractivity contribution in [3.05, 3.63) is 34.9 Å². The zero-order chi connectivity index (χ0) is 9.97. The maximum Gasteiger partial charge on any atom is 0.0409 e. The predicted octanol–water partition coefficient (Wildman–Crippen LogP) is 3.50. The topological polar surface area (TPSA) is 3.24 Å². The molecule has 1 nitrogen and oxygen atoms in total. The summed E-state index contributed by atoms with van der Waals surface area (Å²) in [7, 11) is 2.20. The van der Waals surface area contributed by atoms with Gasteiger partial charge in [0.1, 0.15) is 0 Å². The summed E-state index contributed by atoms with van der Waals surface area (Å²) in [6, 6.07) is 8.82. The Hall–Kier alpha value is -0.530. The summed E-state index contributed by atoms with van der Waals surface area (Å²) < 4.78 is 0. The number of rotatable bonds is 1. The van der Waals surface area contributed by atoms with Crippen LogP contribution in [0.5, 0.6) is 0 Å². The standard InChI is InChI=1S/C12H16ClN/c1-14-8-3-2-7-12(14)10-5-4-6-11(13)9-10/h4-6,9,12H,2-3,7-8H2,1H3. The van der Waals surface area contributed by atoms with Crippen LogP contribution in [0.4, 0.5) is 0 Å². The minimum absolute atomic E-state index is 0.572. The Balaban J connectivity index is 2.20. The van der Waals surface area contributed by atoms with Crippen molar-refractivity contribution in [2.24, 2.45) is 0 Å². The summed E-state index contributed by atoms with van der Waals surface area (Å²) in [6.45, 7) is 1.21. The van der Waals surface area contributed by atoms with E-state index in [4.69, 9.17) is 11.6 Å². The molecule has 0 spiro atoms. The van der Waals surface area contributed by atoms with Crippen molar-refractivity contribution in [3.8, 4) is 0 Å². The maximum atomic E-state index is 5.99. The SMILES string of the molecule is CN1CCCCC1c1cccc(Cl)c1. The molecule has 76 valence electrons. The second-order valence-corrected chi connectivity index (χ2v) is 4.48. The molecule has 1 atom stereocenters. The fraction of sp³-hybridized carbons (Fsp3) is 0.500. The summed E-state index contributed by atoms with van der Waals surface area (Å²) in [5.41, 5.74) is 1.36. The predicted molar refractivity (Wildman–Crippen MR) is 60.7 cm³/mol. The Morgan fingerprint density at radius 2 is 2.21 bits per heavy atom. The van der Waals surface area contributed by atoms with Crippen LogP contribution < -0.4 is 0 Å². The summed E-state index contributed by atoms with van der Waals surface area (Å²) in [6.07, 6.45) is 3.92. The van der Waals surface area contributed by atoms with E-state index in [-0.39, 0.29) is 0 Å². The average Bonchev–Trinajstić information content (AvgIpc) is 2.18. The summed E-state index contributed by atoms with van der Waals surface area (Å²) in [5.74, 6) is 0. The lowest BCUT2D eigenvalue weighted by Crippen LogP contribution is -2.29. The van der Waals surface area contributed by atoms with Gasteiger partial charge in [-0.3, -0.25) is 4.90 Å². The van der Waals surface area contributed by atoms with Crippen LogP contribution in [-0.2, 0) is 0 Å². The van der Waals surface area contributed by atoms with Gasteiger partial charge >= 0.3 is 0 Å². The Labute approximate surface area is 90.7 Å². The van der Waals surface area contributed by atoms with Gasteiger partial charge < -0.3 is 0 Å². The van der Waals surface area contributed by atoms with E-state index in [2.05, 4.69) is 24.1 Å². The van der Waals surface area contributed by atoms with E-state index in [1.807, 2.05) is 12.1 Å². The van der Waals surface area contributed by atoms with Crippen LogP contribution >= 0.6 is 11.6 Å². The van der Waals surface area contributed by atoms with Crippen molar-refractivity contribution in [1.29, 1.82) is 0 Å². The summed E-state index contributed by atoms with van der Waals surface area (Å²) >= 11 is 5.99. The summed E-state index contributed by atoms with van der Waals surface area (Å²) in [5, 5.41) is 0.849. The van der Waals surface area contributed by atoms with Crippen molar-refractivity contribution in [1.82, 2.24) is 4.90 Å². The number of nitrogens with zero attached hydrogens (tertiary/aromatic N) is 1. The molecular formula is C12H16ClN. The molecular weight excluding hydrogens is 194 g/mol.